The predicted octanol–water partition coefficient (Wildman–Crippen LogP) is 4.76. The minimum absolute atomic E-state index is 0.558. The maximum Gasteiger partial charge on any atom is 0.206 e. The molecule has 0 amide bonds. The molecule has 5 nitrogen and oxygen atoms in total. The minimum Gasteiger partial charge on any atom is -0.306 e. The van der Waals surface area contributed by atoms with Gasteiger partial charge in [0, 0.05) is 29.0 Å². The zero-order valence-electron chi connectivity index (χ0n) is 16.1. The third-order valence-corrected chi connectivity index (χ3v) is 5.30. The Morgan fingerprint density at radius 2 is 1.93 bits per heavy atom. The Balaban J connectivity index is 1.74. The van der Waals surface area contributed by atoms with Gasteiger partial charge in [-0.2, -0.15) is 5.10 Å². The molecule has 6 heteroatoms. The maximum atomic E-state index is 4.91. The van der Waals surface area contributed by atoms with Crippen molar-refractivity contribution >= 4 is 17.0 Å². The lowest BCUT2D eigenvalue weighted by Gasteiger charge is -2.07. The highest BCUT2D eigenvalue weighted by atomic mass is 32.1. The normalized spacial score (nSPS) is 12.3. The number of aromatic nitrogens is 3. The highest BCUT2D eigenvalue weighted by Gasteiger charge is 2.08. The van der Waals surface area contributed by atoms with Gasteiger partial charge in [0.15, 0.2) is 0 Å². The molecule has 0 N–H and O–H groups in total. The molecule has 0 fully saturated rings. The van der Waals surface area contributed by atoms with Crippen LogP contribution in [0.1, 0.15) is 12.5 Å². The molecule has 0 aliphatic heterocycles. The first-order chi connectivity index (χ1) is 14.3. The fourth-order valence-electron chi connectivity index (χ4n) is 2.95. The van der Waals surface area contributed by atoms with E-state index in [1.807, 2.05) is 40.6 Å². The molecule has 29 heavy (non-hydrogen) atoms. The van der Waals surface area contributed by atoms with Gasteiger partial charge in [-0.3, -0.25) is 4.99 Å². The van der Waals surface area contributed by atoms with Gasteiger partial charge in [-0.05, 0) is 24.6 Å². The van der Waals surface area contributed by atoms with Gasteiger partial charge >= 0.3 is 0 Å². The molecule has 0 unspecified atom stereocenters. The highest BCUT2D eigenvalue weighted by molar-refractivity contribution is 7.07. The van der Waals surface area contributed by atoms with E-state index in [9.17, 15) is 0 Å². The predicted molar refractivity (Wildman–Crippen MR) is 120 cm³/mol. The van der Waals surface area contributed by atoms with E-state index < -0.39 is 0 Å². The number of thiazole rings is 1. The monoisotopic (exact) mass is 399 g/mol. The lowest BCUT2D eigenvalue weighted by atomic mass is 10.1. The van der Waals surface area contributed by atoms with E-state index in [2.05, 4.69) is 58.3 Å². The van der Waals surface area contributed by atoms with Crippen molar-refractivity contribution in [1.29, 1.82) is 0 Å². The second-order valence-corrected chi connectivity index (χ2v) is 7.25. The molecular formula is C23H21N5S. The van der Waals surface area contributed by atoms with Crippen LogP contribution in [0.2, 0.25) is 0 Å². The van der Waals surface area contributed by atoms with Crippen molar-refractivity contribution in [2.24, 2.45) is 10.1 Å². The first kappa shape index (κ1) is 18.8. The Kier molecular flexibility index (Phi) is 5.63. The third-order valence-electron chi connectivity index (χ3n) is 4.45. The lowest BCUT2D eigenvalue weighted by molar-refractivity contribution is 0.834. The zero-order chi connectivity index (χ0) is 20.1. The molecule has 0 atom stereocenters. The molecule has 0 saturated heterocycles. The molecular weight excluding hydrogens is 378 g/mol. The van der Waals surface area contributed by atoms with Crippen molar-refractivity contribution < 1.29 is 0 Å². The summed E-state index contributed by atoms with van der Waals surface area (Å²) in [6, 6.07) is 18.5. The Morgan fingerprint density at radius 3 is 2.62 bits per heavy atom. The van der Waals surface area contributed by atoms with E-state index >= 15 is 0 Å². The topological polar surface area (TPSA) is 47.5 Å². The molecule has 0 spiro atoms. The molecule has 2 aromatic carbocycles. The van der Waals surface area contributed by atoms with Crippen LogP contribution < -0.4 is 4.80 Å². The molecule has 0 aliphatic rings. The molecule has 2 heterocycles. The Morgan fingerprint density at radius 1 is 1.14 bits per heavy atom. The Labute approximate surface area is 173 Å². The van der Waals surface area contributed by atoms with E-state index in [-0.39, 0.29) is 0 Å². The van der Waals surface area contributed by atoms with Gasteiger partial charge in [0.2, 0.25) is 4.80 Å². The van der Waals surface area contributed by atoms with Crippen LogP contribution in [0.25, 0.3) is 16.9 Å². The Bertz CT molecular complexity index is 1180. The van der Waals surface area contributed by atoms with E-state index in [0.717, 1.165) is 33.0 Å². The van der Waals surface area contributed by atoms with Crippen molar-refractivity contribution in [1.82, 2.24) is 14.2 Å². The summed E-state index contributed by atoms with van der Waals surface area (Å²) >= 11 is 1.58. The van der Waals surface area contributed by atoms with Crippen LogP contribution in [0.15, 0.2) is 101 Å². The summed E-state index contributed by atoms with van der Waals surface area (Å²) in [4.78, 5) is 9.56. The number of benzene rings is 2. The quantitative estimate of drug-likeness (QED) is 0.341. The summed E-state index contributed by atoms with van der Waals surface area (Å²) in [7, 11) is 0. The minimum atomic E-state index is 0.558. The van der Waals surface area contributed by atoms with Crippen molar-refractivity contribution in [3.63, 3.8) is 0 Å². The second-order valence-electron chi connectivity index (χ2n) is 6.41. The molecule has 0 aliphatic carbocycles. The maximum absolute atomic E-state index is 4.91. The molecule has 0 radical (unpaired) electrons. The number of imidazole rings is 1. The van der Waals surface area contributed by atoms with E-state index in [4.69, 9.17) is 5.10 Å². The van der Waals surface area contributed by atoms with Crippen LogP contribution in [0.4, 0.5) is 0 Å². The van der Waals surface area contributed by atoms with Gasteiger partial charge in [0.1, 0.15) is 0 Å². The van der Waals surface area contributed by atoms with Crippen LogP contribution in [-0.2, 0) is 0 Å². The summed E-state index contributed by atoms with van der Waals surface area (Å²) in [5.74, 6) is 0. The van der Waals surface area contributed by atoms with E-state index in [1.54, 1.807) is 29.9 Å². The van der Waals surface area contributed by atoms with E-state index in [0.29, 0.717) is 6.54 Å². The van der Waals surface area contributed by atoms with Gasteiger partial charge in [-0.1, -0.05) is 48.5 Å². The van der Waals surface area contributed by atoms with Gasteiger partial charge in [0.25, 0.3) is 0 Å². The van der Waals surface area contributed by atoms with Crippen LogP contribution in [0.5, 0.6) is 0 Å². The summed E-state index contributed by atoms with van der Waals surface area (Å²) in [6.07, 6.45) is 7.28. The summed E-state index contributed by atoms with van der Waals surface area (Å²) < 4.78 is 3.90. The highest BCUT2D eigenvalue weighted by Crippen LogP contribution is 2.20. The SMILES string of the molecule is C=CCN=c1scc(-c2ccccc2)n1N=C(C)c1ccc(-n2ccnc2)cc1. The average molecular weight is 400 g/mol. The number of hydrogen-bond donors (Lipinski definition) is 0. The fourth-order valence-corrected chi connectivity index (χ4v) is 3.79. The summed E-state index contributed by atoms with van der Waals surface area (Å²) in [5, 5.41) is 7.00. The molecule has 4 aromatic rings. The largest absolute Gasteiger partial charge is 0.306 e. The average Bonchev–Trinajstić information content (AvgIpc) is 3.43. The van der Waals surface area contributed by atoms with Crippen LogP contribution >= 0.6 is 11.3 Å². The Hall–Kier alpha value is -3.51. The number of nitrogens with zero attached hydrogens (tertiary/aromatic N) is 5. The van der Waals surface area contributed by atoms with Gasteiger partial charge in [0.05, 0.1) is 24.3 Å². The molecule has 144 valence electrons. The zero-order valence-corrected chi connectivity index (χ0v) is 17.0. The van der Waals surface area contributed by atoms with Crippen LogP contribution in [0, 0.1) is 0 Å². The van der Waals surface area contributed by atoms with Crippen molar-refractivity contribution in [2.75, 3.05) is 6.54 Å². The first-order valence-corrected chi connectivity index (χ1v) is 10.2. The van der Waals surface area contributed by atoms with Crippen molar-refractivity contribution in [3.05, 3.63) is 102 Å². The molecule has 0 bridgehead atoms. The summed E-state index contributed by atoms with van der Waals surface area (Å²) in [6.45, 7) is 6.34. The molecule has 2 aromatic heterocycles. The van der Waals surface area contributed by atoms with Crippen molar-refractivity contribution in [3.8, 4) is 16.9 Å². The van der Waals surface area contributed by atoms with E-state index in [1.165, 1.54) is 0 Å². The molecule has 0 saturated carbocycles. The fraction of sp³-hybridized carbons (Fsp3) is 0.0870. The standard InChI is InChI=1S/C23H21N5S/c1-3-13-25-23-28(22(16-29-23)20-7-5-4-6-8-20)26-18(2)19-9-11-21(12-10-19)27-15-14-24-17-27/h3-12,14-17H,1,13H2,2H3. The third kappa shape index (κ3) is 4.17. The second kappa shape index (κ2) is 8.67. The first-order valence-electron chi connectivity index (χ1n) is 9.28. The van der Waals surface area contributed by atoms with Crippen molar-refractivity contribution in [2.45, 2.75) is 6.92 Å². The number of rotatable bonds is 6. The van der Waals surface area contributed by atoms with Gasteiger partial charge in [-0.25, -0.2) is 9.66 Å². The number of hydrogen-bond acceptors (Lipinski definition) is 4. The smallest absolute Gasteiger partial charge is 0.206 e. The van der Waals surface area contributed by atoms with Crippen LogP contribution in [0.3, 0.4) is 0 Å². The lowest BCUT2D eigenvalue weighted by Crippen LogP contribution is -2.14. The molecule has 4 rings (SSSR count). The summed E-state index contributed by atoms with van der Waals surface area (Å²) in [5.41, 5.74) is 5.16. The van der Waals surface area contributed by atoms with Crippen LogP contribution in [-0.4, -0.2) is 26.5 Å². The van der Waals surface area contributed by atoms with Gasteiger partial charge < -0.3 is 4.57 Å². The van der Waals surface area contributed by atoms with Gasteiger partial charge in [-0.15, -0.1) is 17.9 Å².